The number of nitrogens with zero attached hydrogens (tertiary/aromatic N) is 4. The molecule has 9 nitrogen and oxygen atoms in total. The zero-order valence-corrected chi connectivity index (χ0v) is 34.1. The van der Waals surface area contributed by atoms with Gasteiger partial charge in [0.05, 0.1) is 25.5 Å². The second kappa shape index (κ2) is 25.4. The molecule has 0 saturated heterocycles. The quantitative estimate of drug-likeness (QED) is 0.115. The Labute approximate surface area is 350 Å². The molecule has 305 valence electrons. The summed E-state index contributed by atoms with van der Waals surface area (Å²) in [5.41, 5.74) is -3.10. The molecule has 0 aromatic carbocycles. The first-order chi connectivity index (χ1) is 24.5. The molecule has 4 rings (SSSR count). The number of aliphatic hydroxyl groups is 1. The average molecular weight is 933 g/mol. The summed E-state index contributed by atoms with van der Waals surface area (Å²) in [5.74, 6) is -0.821. The molecule has 0 fully saturated rings. The van der Waals surface area contributed by atoms with Crippen LogP contribution in [0.1, 0.15) is 52.6 Å². The van der Waals surface area contributed by atoms with Gasteiger partial charge < -0.3 is 11.3 Å². The van der Waals surface area contributed by atoms with Crippen molar-refractivity contribution in [3.05, 3.63) is 117 Å². The Morgan fingerprint density at radius 2 is 1.04 bits per heavy atom. The molecule has 1 N–H and O–H groups in total. The summed E-state index contributed by atoms with van der Waals surface area (Å²) in [6.07, 6.45) is -11.9. The van der Waals surface area contributed by atoms with E-state index in [1.54, 1.807) is 13.0 Å². The Morgan fingerprint density at radius 1 is 0.714 bits per heavy atom. The van der Waals surface area contributed by atoms with Crippen molar-refractivity contribution in [1.82, 2.24) is 19.9 Å². The van der Waals surface area contributed by atoms with E-state index in [-0.39, 0.29) is 50.5 Å². The number of rotatable bonds is 3. The summed E-state index contributed by atoms with van der Waals surface area (Å²) >= 11 is 2.91. The number of alkyl halides is 12. The van der Waals surface area contributed by atoms with Crippen LogP contribution in [-0.4, -0.2) is 61.2 Å². The summed E-state index contributed by atoms with van der Waals surface area (Å²) < 4.78 is 167. The van der Waals surface area contributed by atoms with Crippen molar-refractivity contribution < 1.29 is 107 Å². The van der Waals surface area contributed by atoms with Gasteiger partial charge in [-0.25, -0.2) is 13.2 Å². The number of aliphatic hydroxyl groups excluding tert-OH is 1. The van der Waals surface area contributed by atoms with E-state index in [1.165, 1.54) is 18.3 Å². The molecule has 56 heavy (non-hydrogen) atoms. The Bertz CT molecular complexity index is 1840. The van der Waals surface area contributed by atoms with Gasteiger partial charge in [-0.15, -0.1) is 0 Å². The molecular weight excluding hydrogens is 906 g/mol. The SMILES string of the molecule is CCc1ccnc(C(F)(F)F)c1.COC(=O)c1ccnc(C(F)(F)F)c1.CS(=O)(=O)Cl.FC(F)(F)c1cc(Br)ccn1.OCc1ccnc(C(F)(F)F)c1.[B].[H-].[Na+]. The minimum absolute atomic E-state index is 0. The Morgan fingerprint density at radius 3 is 1.36 bits per heavy atom. The van der Waals surface area contributed by atoms with Gasteiger partial charge in [-0.1, -0.05) is 22.9 Å². The number of ether oxygens (including phenoxy) is 1. The molecular formula is C30H27BBrClF12N4NaO5S. The summed E-state index contributed by atoms with van der Waals surface area (Å²) in [5, 5.41) is 8.53. The third kappa shape index (κ3) is 25.3. The van der Waals surface area contributed by atoms with E-state index >= 15 is 0 Å². The monoisotopic (exact) mass is 931 g/mol. The number of halogens is 14. The summed E-state index contributed by atoms with van der Waals surface area (Å²) in [4.78, 5) is 23.5. The van der Waals surface area contributed by atoms with Crippen LogP contribution in [0.5, 0.6) is 0 Å². The Kier molecular flexibility index (Phi) is 25.9. The second-order valence-corrected chi connectivity index (χ2v) is 13.5. The number of carbonyl (C=O) groups is 1. The Hall–Kier alpha value is -3.03. The maximum atomic E-state index is 12.1. The number of carbonyl (C=O) groups excluding carboxylic acids is 1. The van der Waals surface area contributed by atoms with E-state index in [1.807, 2.05) is 0 Å². The van der Waals surface area contributed by atoms with Gasteiger partial charge in [-0.2, -0.15) is 52.7 Å². The Balaban J connectivity index is -0.000000311. The van der Waals surface area contributed by atoms with Crippen molar-refractivity contribution in [1.29, 1.82) is 0 Å². The first-order valence-corrected chi connectivity index (χ1v) is 17.4. The molecule has 0 saturated carbocycles. The molecule has 0 bridgehead atoms. The third-order valence-corrected chi connectivity index (χ3v) is 5.80. The van der Waals surface area contributed by atoms with Gasteiger partial charge in [0.2, 0.25) is 9.05 Å². The van der Waals surface area contributed by atoms with Crippen LogP contribution in [0.2, 0.25) is 0 Å². The molecule has 3 radical (unpaired) electrons. The average Bonchev–Trinajstić information content (AvgIpc) is 3.06. The first kappa shape index (κ1) is 57.3. The standard InChI is InChI=1S/C8H6F3NO2.C8H8F3N.C7H6F3NO.C6H3BrF3N.CH3ClO2S.B.Na.H/c1-14-7(13)5-2-3-12-6(4-5)8(9,10)11;1-2-6-3-4-12-7(5-6)8(9,10)11;8-7(9,10)6-3-5(4-12)1-2-11-6;7-4-1-2-11-5(3-4)6(8,9)10;1-5(2,3)4;;;/h2-4H,1H3;3-5H,2H2,1H3;1-3,12H,4H2;1-3H;1H3;;;/q;;;;;;+1;-1. The fraction of sp³-hybridized carbons (Fsp3) is 0.300. The molecule has 0 aliphatic rings. The number of esters is 1. The van der Waals surface area contributed by atoms with Crippen molar-refractivity contribution in [2.75, 3.05) is 13.4 Å². The molecule has 0 atom stereocenters. The van der Waals surface area contributed by atoms with E-state index in [2.05, 4.69) is 51.3 Å². The number of methoxy groups -OCH3 is 1. The molecule has 0 aliphatic carbocycles. The van der Waals surface area contributed by atoms with E-state index < -0.39 is 69.1 Å². The predicted octanol–water partition coefficient (Wildman–Crippen LogP) is 5.93. The molecule has 4 heterocycles. The molecule has 0 aliphatic heterocycles. The minimum atomic E-state index is -4.55. The number of aryl methyl sites for hydroxylation is 1. The second-order valence-electron chi connectivity index (χ2n) is 9.56. The van der Waals surface area contributed by atoms with Crippen LogP contribution in [-0.2, 0) is 51.5 Å². The number of hydrogen-bond acceptors (Lipinski definition) is 9. The summed E-state index contributed by atoms with van der Waals surface area (Å²) in [6, 6.07) is 8.96. The maximum absolute atomic E-state index is 12.1. The normalized spacial score (nSPS) is 11.1. The predicted molar refractivity (Wildman–Crippen MR) is 179 cm³/mol. The molecule has 0 unspecified atom stereocenters. The van der Waals surface area contributed by atoms with Crippen molar-refractivity contribution in [2.24, 2.45) is 0 Å². The van der Waals surface area contributed by atoms with Crippen LogP contribution >= 0.6 is 26.6 Å². The van der Waals surface area contributed by atoms with Gasteiger partial charge in [0.15, 0.2) is 0 Å². The molecule has 0 amide bonds. The van der Waals surface area contributed by atoms with Gasteiger partial charge >= 0.3 is 60.2 Å². The van der Waals surface area contributed by atoms with Crippen LogP contribution in [0.3, 0.4) is 0 Å². The molecule has 4 aromatic rings. The zero-order valence-electron chi connectivity index (χ0n) is 30.0. The smallest absolute Gasteiger partial charge is 1.00 e. The van der Waals surface area contributed by atoms with Gasteiger partial charge in [0, 0.05) is 48.4 Å². The topological polar surface area (TPSA) is 132 Å². The maximum Gasteiger partial charge on any atom is 1.00 e. The van der Waals surface area contributed by atoms with Crippen LogP contribution in [0.4, 0.5) is 52.7 Å². The first-order valence-electron chi connectivity index (χ1n) is 13.9. The van der Waals surface area contributed by atoms with Gasteiger partial charge in [0.1, 0.15) is 22.8 Å². The van der Waals surface area contributed by atoms with E-state index in [0.717, 1.165) is 56.2 Å². The number of pyridine rings is 4. The van der Waals surface area contributed by atoms with Crippen LogP contribution in [0.15, 0.2) is 77.8 Å². The van der Waals surface area contributed by atoms with Crippen LogP contribution < -0.4 is 29.6 Å². The molecule has 4 aromatic heterocycles. The number of aromatic nitrogens is 4. The fourth-order valence-corrected chi connectivity index (χ4v) is 3.30. The van der Waals surface area contributed by atoms with Crippen molar-refractivity contribution in [3.8, 4) is 0 Å². The minimum Gasteiger partial charge on any atom is -1.00 e. The van der Waals surface area contributed by atoms with Gasteiger partial charge in [-0.05, 0) is 66.1 Å². The van der Waals surface area contributed by atoms with E-state index in [9.17, 15) is 65.9 Å². The molecule has 0 spiro atoms. The van der Waals surface area contributed by atoms with Gasteiger partial charge in [0.25, 0.3) is 0 Å². The number of hydrogen-bond donors (Lipinski definition) is 1. The van der Waals surface area contributed by atoms with Crippen LogP contribution in [0.25, 0.3) is 0 Å². The van der Waals surface area contributed by atoms with Crippen molar-refractivity contribution >= 4 is 50.0 Å². The van der Waals surface area contributed by atoms with E-state index in [4.69, 9.17) is 5.11 Å². The van der Waals surface area contributed by atoms with Crippen molar-refractivity contribution in [3.63, 3.8) is 0 Å². The molecule has 26 heteroatoms. The summed E-state index contributed by atoms with van der Waals surface area (Å²) in [7, 11) is 2.40. The van der Waals surface area contributed by atoms with Crippen molar-refractivity contribution in [2.45, 2.75) is 44.7 Å². The fourth-order valence-electron chi connectivity index (χ4n) is 2.97. The van der Waals surface area contributed by atoms with E-state index in [0.29, 0.717) is 22.5 Å². The van der Waals surface area contributed by atoms with Crippen LogP contribution in [0, 0.1) is 0 Å². The van der Waals surface area contributed by atoms with Gasteiger partial charge in [-0.3, -0.25) is 19.9 Å². The zero-order chi connectivity index (χ0) is 42.1. The third-order valence-electron chi connectivity index (χ3n) is 5.30. The summed E-state index contributed by atoms with van der Waals surface area (Å²) in [6.45, 7) is 1.39. The largest absolute Gasteiger partial charge is 1.00 e.